The van der Waals surface area contributed by atoms with Crippen molar-refractivity contribution in [3.63, 3.8) is 0 Å². The van der Waals surface area contributed by atoms with Gasteiger partial charge in [-0.25, -0.2) is 0 Å². The van der Waals surface area contributed by atoms with Crippen LogP contribution in [-0.4, -0.2) is 62.8 Å². The van der Waals surface area contributed by atoms with Crippen LogP contribution >= 0.6 is 0 Å². The zero-order valence-corrected chi connectivity index (χ0v) is 14.4. The Balaban J connectivity index is 1.41. The molecule has 0 bridgehead atoms. The molecule has 1 N–H and O–H groups in total. The highest BCUT2D eigenvalue weighted by atomic mass is 16.6. The lowest BCUT2D eigenvalue weighted by Crippen LogP contribution is -2.46. The van der Waals surface area contributed by atoms with Crippen molar-refractivity contribution in [3.8, 4) is 11.5 Å². The van der Waals surface area contributed by atoms with Crippen molar-refractivity contribution in [3.05, 3.63) is 24.3 Å². The van der Waals surface area contributed by atoms with Gasteiger partial charge in [0.15, 0.2) is 11.5 Å². The summed E-state index contributed by atoms with van der Waals surface area (Å²) >= 11 is 0. The maximum Gasteiger partial charge on any atom is 0.248 e. The summed E-state index contributed by atoms with van der Waals surface area (Å²) in [6.45, 7) is 2.11. The van der Waals surface area contributed by atoms with E-state index in [1.807, 2.05) is 24.3 Å². The first-order valence-corrected chi connectivity index (χ1v) is 8.60. The van der Waals surface area contributed by atoms with E-state index in [0.717, 1.165) is 5.75 Å². The van der Waals surface area contributed by atoms with Crippen LogP contribution in [0.15, 0.2) is 24.3 Å². The summed E-state index contributed by atoms with van der Waals surface area (Å²) in [5, 5.41) is 2.95. The molecule has 0 radical (unpaired) electrons. The Hall–Kier alpha value is -2.28. The molecule has 1 atom stereocenters. The standard InChI is InChI=1S/C18H24N2O5/c1-23-12-17(21)20-8-6-13(7-9-20)18(22)19-10-14-11-24-15-4-2-3-5-16(15)25-14/h2-5,13-14H,6-12H2,1H3,(H,19,22). The minimum atomic E-state index is -0.192. The third-order valence-electron chi connectivity index (χ3n) is 4.56. The number of rotatable bonds is 5. The maximum atomic E-state index is 12.4. The second-order valence-corrected chi connectivity index (χ2v) is 6.33. The molecule has 25 heavy (non-hydrogen) atoms. The summed E-state index contributed by atoms with van der Waals surface area (Å²) in [5.41, 5.74) is 0. The van der Waals surface area contributed by atoms with Crippen molar-refractivity contribution in [1.82, 2.24) is 10.2 Å². The van der Waals surface area contributed by atoms with Crippen molar-refractivity contribution < 1.29 is 23.8 Å². The molecule has 0 spiro atoms. The summed E-state index contributed by atoms with van der Waals surface area (Å²) in [7, 11) is 1.51. The molecule has 2 aliphatic heterocycles. The minimum absolute atomic E-state index is 0.0151. The van der Waals surface area contributed by atoms with Crippen LogP contribution in [0.4, 0.5) is 0 Å². The van der Waals surface area contributed by atoms with Gasteiger partial charge >= 0.3 is 0 Å². The van der Waals surface area contributed by atoms with E-state index in [4.69, 9.17) is 14.2 Å². The Bertz CT molecular complexity index is 613. The van der Waals surface area contributed by atoms with E-state index < -0.39 is 0 Å². The average Bonchev–Trinajstić information content (AvgIpc) is 2.66. The molecule has 1 saturated heterocycles. The molecule has 2 amide bonds. The fourth-order valence-corrected chi connectivity index (χ4v) is 3.13. The molecule has 2 aliphatic rings. The van der Waals surface area contributed by atoms with Gasteiger partial charge in [-0.2, -0.15) is 0 Å². The van der Waals surface area contributed by atoms with Crippen LogP contribution in [0.25, 0.3) is 0 Å². The number of fused-ring (bicyclic) bond motifs is 1. The van der Waals surface area contributed by atoms with Crippen LogP contribution in [0, 0.1) is 5.92 Å². The van der Waals surface area contributed by atoms with E-state index in [0.29, 0.717) is 44.8 Å². The van der Waals surface area contributed by atoms with Gasteiger partial charge in [0.05, 0.1) is 6.54 Å². The molecule has 0 saturated carbocycles. The normalized spacial score (nSPS) is 20.2. The summed E-state index contributed by atoms with van der Waals surface area (Å²) < 4.78 is 16.3. The number of hydrogen-bond acceptors (Lipinski definition) is 5. The van der Waals surface area contributed by atoms with Crippen LogP contribution in [-0.2, 0) is 14.3 Å². The van der Waals surface area contributed by atoms with Gasteiger partial charge in [-0.05, 0) is 25.0 Å². The highest BCUT2D eigenvalue weighted by Gasteiger charge is 2.28. The first kappa shape index (κ1) is 17.5. The molecule has 1 aromatic carbocycles. The van der Waals surface area contributed by atoms with Crippen LogP contribution < -0.4 is 14.8 Å². The Morgan fingerprint density at radius 3 is 2.68 bits per heavy atom. The highest BCUT2D eigenvalue weighted by molar-refractivity contribution is 5.80. The predicted molar refractivity (Wildman–Crippen MR) is 90.5 cm³/mol. The van der Waals surface area contributed by atoms with Gasteiger partial charge < -0.3 is 24.4 Å². The molecule has 0 aliphatic carbocycles. The number of piperidine rings is 1. The number of amides is 2. The van der Waals surface area contributed by atoms with E-state index in [2.05, 4.69) is 5.32 Å². The Morgan fingerprint density at radius 2 is 1.96 bits per heavy atom. The first-order chi connectivity index (χ1) is 12.2. The van der Waals surface area contributed by atoms with Gasteiger partial charge in [0.2, 0.25) is 11.8 Å². The van der Waals surface area contributed by atoms with E-state index in [-0.39, 0.29) is 30.4 Å². The largest absolute Gasteiger partial charge is 0.486 e. The van der Waals surface area contributed by atoms with Gasteiger partial charge in [-0.1, -0.05) is 12.1 Å². The molecule has 1 fully saturated rings. The smallest absolute Gasteiger partial charge is 0.248 e. The zero-order valence-electron chi connectivity index (χ0n) is 14.4. The fourth-order valence-electron chi connectivity index (χ4n) is 3.13. The number of ether oxygens (including phenoxy) is 3. The number of para-hydroxylation sites is 2. The van der Waals surface area contributed by atoms with Gasteiger partial charge in [0.1, 0.15) is 19.3 Å². The van der Waals surface area contributed by atoms with Crippen LogP contribution in [0.2, 0.25) is 0 Å². The Kier molecular flexibility index (Phi) is 5.75. The number of benzene rings is 1. The van der Waals surface area contributed by atoms with E-state index in [1.54, 1.807) is 4.90 Å². The molecule has 7 nitrogen and oxygen atoms in total. The minimum Gasteiger partial charge on any atom is -0.486 e. The lowest BCUT2D eigenvalue weighted by molar-refractivity contribution is -0.138. The highest BCUT2D eigenvalue weighted by Crippen LogP contribution is 2.30. The topological polar surface area (TPSA) is 77.1 Å². The molecular formula is C18H24N2O5. The zero-order chi connectivity index (χ0) is 17.6. The van der Waals surface area contributed by atoms with Crippen molar-refractivity contribution in [2.24, 2.45) is 5.92 Å². The first-order valence-electron chi connectivity index (χ1n) is 8.60. The Morgan fingerprint density at radius 1 is 1.24 bits per heavy atom. The number of hydrogen-bond donors (Lipinski definition) is 1. The molecule has 2 heterocycles. The molecule has 3 rings (SSSR count). The number of methoxy groups -OCH3 is 1. The van der Waals surface area contributed by atoms with E-state index in [1.165, 1.54) is 7.11 Å². The van der Waals surface area contributed by atoms with Crippen molar-refractivity contribution in [2.45, 2.75) is 18.9 Å². The van der Waals surface area contributed by atoms with Crippen molar-refractivity contribution in [1.29, 1.82) is 0 Å². The third kappa shape index (κ3) is 4.42. The van der Waals surface area contributed by atoms with Gasteiger partial charge in [0, 0.05) is 26.1 Å². The van der Waals surface area contributed by atoms with Gasteiger partial charge in [-0.3, -0.25) is 9.59 Å². The number of likely N-dealkylation sites (tertiary alicyclic amines) is 1. The number of nitrogens with one attached hydrogen (secondary N) is 1. The number of nitrogens with zero attached hydrogens (tertiary/aromatic N) is 1. The monoisotopic (exact) mass is 348 g/mol. The summed E-state index contributed by atoms with van der Waals surface area (Å²) in [4.78, 5) is 25.9. The lowest BCUT2D eigenvalue weighted by atomic mass is 9.96. The molecule has 7 heteroatoms. The lowest BCUT2D eigenvalue weighted by Gasteiger charge is -2.32. The molecule has 1 aromatic rings. The van der Waals surface area contributed by atoms with Crippen molar-refractivity contribution in [2.75, 3.05) is 40.0 Å². The molecule has 0 aromatic heterocycles. The Labute approximate surface area is 147 Å². The fraction of sp³-hybridized carbons (Fsp3) is 0.556. The van der Waals surface area contributed by atoms with Crippen LogP contribution in [0.5, 0.6) is 11.5 Å². The molecule has 1 unspecified atom stereocenters. The quantitative estimate of drug-likeness (QED) is 0.853. The maximum absolute atomic E-state index is 12.4. The van der Waals surface area contributed by atoms with E-state index >= 15 is 0 Å². The summed E-state index contributed by atoms with van der Waals surface area (Å²) in [5.74, 6) is 1.37. The summed E-state index contributed by atoms with van der Waals surface area (Å²) in [6.07, 6.45) is 1.15. The molecular weight excluding hydrogens is 324 g/mol. The summed E-state index contributed by atoms with van der Waals surface area (Å²) in [6, 6.07) is 7.51. The average molecular weight is 348 g/mol. The second kappa shape index (κ2) is 8.20. The molecule has 136 valence electrons. The van der Waals surface area contributed by atoms with E-state index in [9.17, 15) is 9.59 Å². The van der Waals surface area contributed by atoms with Crippen LogP contribution in [0.3, 0.4) is 0 Å². The van der Waals surface area contributed by atoms with Crippen LogP contribution in [0.1, 0.15) is 12.8 Å². The SMILES string of the molecule is COCC(=O)N1CCC(C(=O)NCC2COc3ccccc3O2)CC1. The number of carbonyl (C=O) groups excluding carboxylic acids is 2. The number of carbonyl (C=O) groups is 2. The van der Waals surface area contributed by atoms with Crippen molar-refractivity contribution >= 4 is 11.8 Å². The van der Waals surface area contributed by atoms with Gasteiger partial charge in [0.25, 0.3) is 0 Å². The second-order valence-electron chi connectivity index (χ2n) is 6.33. The van der Waals surface area contributed by atoms with Gasteiger partial charge in [-0.15, -0.1) is 0 Å². The predicted octanol–water partition coefficient (Wildman–Crippen LogP) is 0.828. The third-order valence-corrected chi connectivity index (χ3v) is 4.56.